The van der Waals surface area contributed by atoms with Crippen molar-refractivity contribution in [2.45, 2.75) is 0 Å². The van der Waals surface area contributed by atoms with Gasteiger partial charge in [-0.25, -0.2) is 4.39 Å². The summed E-state index contributed by atoms with van der Waals surface area (Å²) in [4.78, 5) is 12.5. The Morgan fingerprint density at radius 1 is 0.833 bits per heavy atom. The van der Waals surface area contributed by atoms with E-state index in [1.807, 2.05) is 30.3 Å². The first-order valence-electron chi connectivity index (χ1n) is 9.10. The van der Waals surface area contributed by atoms with Crippen LogP contribution in [-0.2, 0) is 0 Å². The highest BCUT2D eigenvalue weighted by Crippen LogP contribution is 2.21. The number of nitrogens with zero attached hydrogens (tertiary/aromatic N) is 2. The number of benzene rings is 3. The van der Waals surface area contributed by atoms with Gasteiger partial charge in [0.15, 0.2) is 5.82 Å². The van der Waals surface area contributed by atoms with E-state index in [4.69, 9.17) is 0 Å². The zero-order valence-electron chi connectivity index (χ0n) is 15.6. The van der Waals surface area contributed by atoms with Crippen LogP contribution in [0.4, 0.5) is 21.6 Å². The Hall–Kier alpha value is -3.58. The van der Waals surface area contributed by atoms with Crippen LogP contribution in [0.3, 0.4) is 0 Å². The second-order valence-corrected chi connectivity index (χ2v) is 7.40. The summed E-state index contributed by atoms with van der Waals surface area (Å²) in [5, 5.41) is 14.3. The van der Waals surface area contributed by atoms with Crippen LogP contribution in [0.25, 0.3) is 11.3 Å². The van der Waals surface area contributed by atoms with Gasteiger partial charge in [-0.05, 0) is 66.7 Å². The van der Waals surface area contributed by atoms with Gasteiger partial charge in [0.25, 0.3) is 5.91 Å². The van der Waals surface area contributed by atoms with E-state index in [9.17, 15) is 9.18 Å². The maximum absolute atomic E-state index is 13.4. The molecule has 0 aliphatic heterocycles. The second kappa shape index (κ2) is 8.84. The Kier molecular flexibility index (Phi) is 5.81. The zero-order chi connectivity index (χ0) is 20.9. The van der Waals surface area contributed by atoms with Crippen molar-refractivity contribution in [3.8, 4) is 11.3 Å². The molecule has 0 atom stereocenters. The predicted octanol–water partition coefficient (Wildman–Crippen LogP) is 6.04. The van der Waals surface area contributed by atoms with Crippen molar-refractivity contribution in [2.75, 3.05) is 10.6 Å². The summed E-state index contributed by atoms with van der Waals surface area (Å²) in [7, 11) is 0. The highest BCUT2D eigenvalue weighted by atomic mass is 79.9. The molecule has 0 aliphatic carbocycles. The highest BCUT2D eigenvalue weighted by Gasteiger charge is 2.08. The number of hydrogen-bond donors (Lipinski definition) is 2. The van der Waals surface area contributed by atoms with Crippen molar-refractivity contribution in [3.63, 3.8) is 0 Å². The quantitative estimate of drug-likeness (QED) is 0.379. The maximum Gasteiger partial charge on any atom is 0.255 e. The first-order chi connectivity index (χ1) is 14.6. The lowest BCUT2D eigenvalue weighted by Gasteiger charge is -2.09. The molecule has 1 heterocycles. The lowest BCUT2D eigenvalue weighted by molar-refractivity contribution is 0.102. The van der Waals surface area contributed by atoms with Crippen molar-refractivity contribution in [1.29, 1.82) is 0 Å². The molecule has 3 aromatic carbocycles. The average molecular weight is 463 g/mol. The summed E-state index contributed by atoms with van der Waals surface area (Å²) in [6.07, 6.45) is 0. The van der Waals surface area contributed by atoms with Crippen molar-refractivity contribution in [2.24, 2.45) is 0 Å². The van der Waals surface area contributed by atoms with E-state index in [1.54, 1.807) is 42.5 Å². The SMILES string of the molecule is O=C(Nc1ccc(Br)cc1)c1cccc(Nc2ccc(-c3cccc(F)c3)nn2)c1. The fraction of sp³-hybridized carbons (Fsp3) is 0. The number of rotatable bonds is 5. The summed E-state index contributed by atoms with van der Waals surface area (Å²) in [5.41, 5.74) is 3.14. The summed E-state index contributed by atoms with van der Waals surface area (Å²) in [5.74, 6) is -0.0242. The minimum absolute atomic E-state index is 0.214. The lowest BCUT2D eigenvalue weighted by Crippen LogP contribution is -2.12. The van der Waals surface area contributed by atoms with Gasteiger partial charge in [-0.2, -0.15) is 0 Å². The molecule has 148 valence electrons. The van der Waals surface area contributed by atoms with E-state index in [0.717, 1.165) is 4.47 Å². The van der Waals surface area contributed by atoms with Gasteiger partial charge >= 0.3 is 0 Å². The topological polar surface area (TPSA) is 66.9 Å². The van der Waals surface area contributed by atoms with E-state index in [-0.39, 0.29) is 11.7 Å². The first kappa shape index (κ1) is 19.7. The fourth-order valence-electron chi connectivity index (χ4n) is 2.82. The summed E-state index contributed by atoms with van der Waals surface area (Å²) >= 11 is 3.37. The van der Waals surface area contributed by atoms with Crippen LogP contribution in [0.5, 0.6) is 0 Å². The molecule has 2 N–H and O–H groups in total. The summed E-state index contributed by atoms with van der Waals surface area (Å²) in [6, 6.07) is 24.1. The largest absolute Gasteiger partial charge is 0.339 e. The Labute approximate surface area is 181 Å². The van der Waals surface area contributed by atoms with E-state index in [2.05, 4.69) is 36.8 Å². The van der Waals surface area contributed by atoms with Gasteiger partial charge in [-0.1, -0.05) is 34.1 Å². The minimum Gasteiger partial charge on any atom is -0.339 e. The van der Waals surface area contributed by atoms with Gasteiger partial charge in [-0.15, -0.1) is 10.2 Å². The molecule has 0 radical (unpaired) electrons. The van der Waals surface area contributed by atoms with Crippen LogP contribution >= 0.6 is 15.9 Å². The predicted molar refractivity (Wildman–Crippen MR) is 119 cm³/mol. The zero-order valence-corrected chi connectivity index (χ0v) is 17.2. The van der Waals surface area contributed by atoms with Gasteiger partial charge in [0.2, 0.25) is 0 Å². The maximum atomic E-state index is 13.4. The van der Waals surface area contributed by atoms with Crippen LogP contribution in [0.15, 0.2) is 89.4 Å². The number of anilines is 3. The summed E-state index contributed by atoms with van der Waals surface area (Å²) < 4.78 is 14.3. The van der Waals surface area contributed by atoms with Gasteiger partial charge in [-0.3, -0.25) is 4.79 Å². The third-order valence-corrected chi connectivity index (χ3v) is 4.81. The van der Waals surface area contributed by atoms with Crippen molar-refractivity contribution in [1.82, 2.24) is 10.2 Å². The minimum atomic E-state index is -0.324. The monoisotopic (exact) mass is 462 g/mol. The molecule has 0 spiro atoms. The number of aromatic nitrogens is 2. The van der Waals surface area contributed by atoms with Crippen molar-refractivity contribution in [3.05, 3.63) is 101 Å². The summed E-state index contributed by atoms with van der Waals surface area (Å²) in [6.45, 7) is 0. The van der Waals surface area contributed by atoms with Gasteiger partial charge < -0.3 is 10.6 Å². The molecule has 0 bridgehead atoms. The third kappa shape index (κ3) is 4.87. The Bertz CT molecular complexity index is 1180. The molecule has 4 rings (SSSR count). The van der Waals surface area contributed by atoms with E-state index >= 15 is 0 Å². The molecule has 1 amide bonds. The van der Waals surface area contributed by atoms with Crippen molar-refractivity contribution < 1.29 is 9.18 Å². The number of halogens is 2. The third-order valence-electron chi connectivity index (χ3n) is 4.28. The normalized spacial score (nSPS) is 10.5. The van der Waals surface area contributed by atoms with E-state index in [1.165, 1.54) is 12.1 Å². The average Bonchev–Trinajstić information content (AvgIpc) is 2.76. The van der Waals surface area contributed by atoms with Gasteiger partial charge in [0.05, 0.1) is 5.69 Å². The van der Waals surface area contributed by atoms with Crippen LogP contribution < -0.4 is 10.6 Å². The molecular formula is C23H16BrFN4O. The number of carbonyl (C=O) groups is 1. The molecule has 0 saturated carbocycles. The van der Waals surface area contributed by atoms with Crippen molar-refractivity contribution >= 4 is 39.0 Å². The van der Waals surface area contributed by atoms with Crippen LogP contribution in [0, 0.1) is 5.82 Å². The molecule has 0 saturated heterocycles. The standard InChI is InChI=1S/C23H16BrFN4O/c24-17-7-9-19(10-8-17)27-23(30)16-4-2-6-20(14-16)26-22-12-11-21(28-29-22)15-3-1-5-18(25)13-15/h1-14H,(H,26,29)(H,27,30). The number of nitrogens with one attached hydrogen (secondary N) is 2. The lowest BCUT2D eigenvalue weighted by atomic mass is 10.1. The molecule has 4 aromatic rings. The van der Waals surface area contributed by atoms with E-state index < -0.39 is 0 Å². The molecule has 1 aromatic heterocycles. The van der Waals surface area contributed by atoms with Gasteiger partial charge in [0.1, 0.15) is 5.82 Å². The Morgan fingerprint density at radius 3 is 2.37 bits per heavy atom. The molecule has 0 unspecified atom stereocenters. The highest BCUT2D eigenvalue weighted by molar-refractivity contribution is 9.10. The molecule has 0 aliphatic rings. The molecular weight excluding hydrogens is 447 g/mol. The van der Waals surface area contributed by atoms with Crippen LogP contribution in [0.2, 0.25) is 0 Å². The number of carbonyl (C=O) groups excluding carboxylic acids is 1. The fourth-order valence-corrected chi connectivity index (χ4v) is 3.09. The van der Waals surface area contributed by atoms with E-state index in [0.29, 0.717) is 34.0 Å². The van der Waals surface area contributed by atoms with Gasteiger partial charge in [0, 0.05) is 27.0 Å². The van der Waals surface area contributed by atoms with Crippen LogP contribution in [0.1, 0.15) is 10.4 Å². The smallest absolute Gasteiger partial charge is 0.255 e. The molecule has 0 fully saturated rings. The van der Waals surface area contributed by atoms with Crippen LogP contribution in [-0.4, -0.2) is 16.1 Å². The Balaban J connectivity index is 1.46. The first-order valence-corrected chi connectivity index (χ1v) is 9.90. The molecule has 5 nitrogen and oxygen atoms in total. The number of amides is 1. The second-order valence-electron chi connectivity index (χ2n) is 6.48. The molecule has 30 heavy (non-hydrogen) atoms. The number of hydrogen-bond acceptors (Lipinski definition) is 4. The Morgan fingerprint density at radius 2 is 1.63 bits per heavy atom. The molecule has 7 heteroatoms.